The predicted molar refractivity (Wildman–Crippen MR) is 102 cm³/mol. The van der Waals surface area contributed by atoms with E-state index in [1.165, 1.54) is 27.8 Å². The normalized spacial score (nSPS) is 12.4. The van der Waals surface area contributed by atoms with E-state index in [1.807, 2.05) is 18.2 Å². The van der Waals surface area contributed by atoms with Crippen LogP contribution in [0.2, 0.25) is 0 Å². The molecular weight excluding hydrogens is 306 g/mol. The predicted octanol–water partition coefficient (Wildman–Crippen LogP) is 4.99. The van der Waals surface area contributed by atoms with Gasteiger partial charge < -0.3 is 0 Å². The van der Waals surface area contributed by atoms with E-state index >= 15 is 0 Å². The number of para-hydroxylation sites is 1. The third-order valence-electron chi connectivity index (χ3n) is 4.75. The molecule has 1 heterocycles. The van der Waals surface area contributed by atoms with Gasteiger partial charge in [-0.1, -0.05) is 65.4 Å². The molecule has 0 unspecified atom stereocenters. The summed E-state index contributed by atoms with van der Waals surface area (Å²) in [6.45, 7) is 6.51. The molecule has 25 heavy (non-hydrogen) atoms. The second kappa shape index (κ2) is 6.17. The Bertz CT molecular complexity index is 1010. The van der Waals surface area contributed by atoms with Crippen LogP contribution < -0.4 is 0 Å². The van der Waals surface area contributed by atoms with E-state index in [4.69, 9.17) is 0 Å². The van der Waals surface area contributed by atoms with Crippen molar-refractivity contribution in [1.82, 2.24) is 15.0 Å². The zero-order valence-corrected chi connectivity index (χ0v) is 14.8. The highest BCUT2D eigenvalue weighted by molar-refractivity contribution is 5.74. The molecule has 3 nitrogen and oxygen atoms in total. The third-order valence-corrected chi connectivity index (χ3v) is 4.75. The fraction of sp³-hybridized carbons (Fsp3) is 0.182. The Morgan fingerprint density at radius 1 is 0.800 bits per heavy atom. The smallest absolute Gasteiger partial charge is 0.113 e. The zero-order chi connectivity index (χ0) is 17.4. The van der Waals surface area contributed by atoms with Gasteiger partial charge in [0, 0.05) is 0 Å². The molecule has 3 aromatic carbocycles. The lowest BCUT2D eigenvalue weighted by atomic mass is 9.90. The highest BCUT2D eigenvalue weighted by atomic mass is 15.4. The molecule has 0 aliphatic carbocycles. The minimum Gasteiger partial charge on any atom is -0.233 e. The third kappa shape index (κ3) is 2.72. The molecular formula is C22H21N3. The first-order valence-electron chi connectivity index (χ1n) is 8.58. The lowest BCUT2D eigenvalue weighted by molar-refractivity contribution is 0.584. The molecule has 0 spiro atoms. The maximum Gasteiger partial charge on any atom is 0.113 e. The van der Waals surface area contributed by atoms with Gasteiger partial charge in [-0.05, 0) is 55.2 Å². The van der Waals surface area contributed by atoms with Gasteiger partial charge in [0.05, 0.1) is 5.52 Å². The Morgan fingerprint density at radius 3 is 2.16 bits per heavy atom. The maximum atomic E-state index is 4.52. The van der Waals surface area contributed by atoms with E-state index in [2.05, 4.69) is 84.3 Å². The SMILES string of the molecule is Cc1cc(C)c([C@@H](c2ccccc2)n2nnc3ccccc32)c(C)c1. The van der Waals surface area contributed by atoms with Crippen molar-refractivity contribution in [2.75, 3.05) is 0 Å². The first-order valence-corrected chi connectivity index (χ1v) is 8.58. The number of fused-ring (bicyclic) bond motifs is 1. The summed E-state index contributed by atoms with van der Waals surface area (Å²) in [7, 11) is 0. The van der Waals surface area contributed by atoms with Crippen molar-refractivity contribution in [1.29, 1.82) is 0 Å². The van der Waals surface area contributed by atoms with Gasteiger partial charge >= 0.3 is 0 Å². The molecule has 0 bridgehead atoms. The number of hydrogen-bond acceptors (Lipinski definition) is 2. The van der Waals surface area contributed by atoms with Crippen LogP contribution in [0.5, 0.6) is 0 Å². The van der Waals surface area contributed by atoms with Crippen LogP contribution in [-0.4, -0.2) is 15.0 Å². The molecule has 0 saturated carbocycles. The van der Waals surface area contributed by atoms with Crippen LogP contribution in [0.15, 0.2) is 66.7 Å². The van der Waals surface area contributed by atoms with E-state index in [1.54, 1.807) is 0 Å². The van der Waals surface area contributed by atoms with Gasteiger partial charge in [-0.15, -0.1) is 5.10 Å². The first kappa shape index (κ1) is 15.6. The average molecular weight is 327 g/mol. The molecule has 3 heteroatoms. The van der Waals surface area contributed by atoms with Crippen LogP contribution >= 0.6 is 0 Å². The van der Waals surface area contributed by atoms with Gasteiger partial charge in [0.15, 0.2) is 0 Å². The molecule has 0 aliphatic heterocycles. The zero-order valence-electron chi connectivity index (χ0n) is 14.8. The van der Waals surface area contributed by atoms with Crippen LogP contribution in [0.25, 0.3) is 11.0 Å². The van der Waals surface area contributed by atoms with Gasteiger partial charge in [-0.25, -0.2) is 4.68 Å². The molecule has 0 aliphatic rings. The number of rotatable bonds is 3. The van der Waals surface area contributed by atoms with Gasteiger partial charge in [0.25, 0.3) is 0 Å². The molecule has 4 rings (SSSR count). The Kier molecular flexibility index (Phi) is 3.85. The van der Waals surface area contributed by atoms with Crippen molar-refractivity contribution in [2.24, 2.45) is 0 Å². The Hall–Kier alpha value is -2.94. The van der Waals surface area contributed by atoms with Crippen molar-refractivity contribution in [2.45, 2.75) is 26.8 Å². The van der Waals surface area contributed by atoms with Crippen molar-refractivity contribution in [3.8, 4) is 0 Å². The number of hydrogen-bond donors (Lipinski definition) is 0. The fourth-order valence-electron chi connectivity index (χ4n) is 3.77. The van der Waals surface area contributed by atoms with Crippen molar-refractivity contribution >= 4 is 11.0 Å². The van der Waals surface area contributed by atoms with Gasteiger partial charge in [0.1, 0.15) is 11.6 Å². The van der Waals surface area contributed by atoms with Crippen LogP contribution in [-0.2, 0) is 0 Å². The summed E-state index contributed by atoms with van der Waals surface area (Å²) < 4.78 is 2.05. The lowest BCUT2D eigenvalue weighted by Gasteiger charge is -2.23. The molecule has 124 valence electrons. The second-order valence-electron chi connectivity index (χ2n) is 6.65. The molecule has 0 amide bonds. The van der Waals surface area contributed by atoms with Crippen LogP contribution in [0.1, 0.15) is 33.9 Å². The van der Waals surface area contributed by atoms with E-state index in [0.29, 0.717) is 0 Å². The first-order chi connectivity index (χ1) is 12.1. The van der Waals surface area contributed by atoms with Gasteiger partial charge in [-0.2, -0.15) is 0 Å². The number of nitrogens with zero attached hydrogens (tertiary/aromatic N) is 3. The fourth-order valence-corrected chi connectivity index (χ4v) is 3.77. The van der Waals surface area contributed by atoms with Gasteiger partial charge in [-0.3, -0.25) is 0 Å². The Labute approximate surface area is 147 Å². The minimum absolute atomic E-state index is 0.00852. The molecule has 1 atom stereocenters. The second-order valence-corrected chi connectivity index (χ2v) is 6.65. The molecule has 1 aromatic heterocycles. The number of aryl methyl sites for hydroxylation is 3. The molecule has 0 N–H and O–H groups in total. The summed E-state index contributed by atoms with van der Waals surface area (Å²) in [6.07, 6.45) is 0. The van der Waals surface area contributed by atoms with Crippen molar-refractivity contribution in [3.63, 3.8) is 0 Å². The van der Waals surface area contributed by atoms with Crippen LogP contribution in [0.3, 0.4) is 0 Å². The number of aromatic nitrogens is 3. The molecule has 0 fully saturated rings. The van der Waals surface area contributed by atoms with E-state index < -0.39 is 0 Å². The summed E-state index contributed by atoms with van der Waals surface area (Å²) in [4.78, 5) is 0. The monoisotopic (exact) mass is 327 g/mol. The summed E-state index contributed by atoms with van der Waals surface area (Å²) in [5.74, 6) is 0. The highest BCUT2D eigenvalue weighted by Gasteiger charge is 2.23. The van der Waals surface area contributed by atoms with Crippen molar-refractivity contribution < 1.29 is 0 Å². The average Bonchev–Trinajstić information content (AvgIpc) is 3.02. The number of benzene rings is 3. The Balaban J connectivity index is 2.02. The molecule has 4 aromatic rings. The summed E-state index contributed by atoms with van der Waals surface area (Å²) in [5, 5.41) is 8.90. The van der Waals surface area contributed by atoms with Crippen LogP contribution in [0, 0.1) is 20.8 Å². The summed E-state index contributed by atoms with van der Waals surface area (Å²) >= 11 is 0. The largest absolute Gasteiger partial charge is 0.233 e. The molecule has 0 saturated heterocycles. The van der Waals surface area contributed by atoms with Crippen LogP contribution in [0.4, 0.5) is 0 Å². The van der Waals surface area contributed by atoms with E-state index in [9.17, 15) is 0 Å². The van der Waals surface area contributed by atoms with Gasteiger partial charge in [0.2, 0.25) is 0 Å². The van der Waals surface area contributed by atoms with Crippen molar-refractivity contribution in [3.05, 3.63) is 94.5 Å². The summed E-state index contributed by atoms with van der Waals surface area (Å²) in [5.41, 5.74) is 8.34. The maximum absolute atomic E-state index is 4.52. The van der Waals surface area contributed by atoms with E-state index in [-0.39, 0.29) is 6.04 Å². The highest BCUT2D eigenvalue weighted by Crippen LogP contribution is 2.33. The standard InChI is InChI=1S/C22H21N3/c1-15-13-16(2)21(17(3)14-15)22(18-9-5-4-6-10-18)25-20-12-8-7-11-19(20)23-24-25/h4-14,22H,1-3H3/t22-/m1/s1. The van der Waals surface area contributed by atoms with E-state index in [0.717, 1.165) is 11.0 Å². The Morgan fingerprint density at radius 2 is 1.44 bits per heavy atom. The molecule has 0 radical (unpaired) electrons. The summed E-state index contributed by atoms with van der Waals surface area (Å²) in [6, 6.07) is 23.2. The topological polar surface area (TPSA) is 30.7 Å². The quantitative estimate of drug-likeness (QED) is 0.530. The minimum atomic E-state index is 0.00852. The lowest BCUT2D eigenvalue weighted by Crippen LogP contribution is -2.16.